The second-order valence-corrected chi connectivity index (χ2v) is 7.72. The summed E-state index contributed by atoms with van der Waals surface area (Å²) in [6, 6.07) is 9.10. The maximum absolute atomic E-state index is 13.2. The van der Waals surface area contributed by atoms with E-state index in [1.54, 1.807) is 0 Å². The molecule has 3 amide bonds. The lowest BCUT2D eigenvalue weighted by atomic mass is 10.1. The third-order valence-electron chi connectivity index (χ3n) is 5.56. The Labute approximate surface area is 178 Å². The van der Waals surface area contributed by atoms with Gasteiger partial charge in [0.15, 0.2) is 6.10 Å². The summed E-state index contributed by atoms with van der Waals surface area (Å²) in [4.78, 5) is 51.1. The Morgan fingerprint density at radius 2 is 1.68 bits per heavy atom. The molecule has 4 rings (SSSR count). The van der Waals surface area contributed by atoms with Gasteiger partial charge in [0, 0.05) is 6.04 Å². The molecule has 31 heavy (non-hydrogen) atoms. The molecule has 1 saturated carbocycles. The summed E-state index contributed by atoms with van der Waals surface area (Å²) in [6.07, 6.45) is 2.97. The summed E-state index contributed by atoms with van der Waals surface area (Å²) in [5, 5.41) is 2.87. The van der Waals surface area contributed by atoms with E-state index in [9.17, 15) is 23.6 Å². The minimum atomic E-state index is -0.991. The number of imide groups is 1. The molecule has 1 unspecified atom stereocenters. The Balaban J connectivity index is 1.48. The second-order valence-electron chi connectivity index (χ2n) is 7.72. The van der Waals surface area contributed by atoms with Crippen LogP contribution in [0.5, 0.6) is 0 Å². The molecule has 2 aromatic carbocycles. The third kappa shape index (κ3) is 4.05. The number of amides is 3. The van der Waals surface area contributed by atoms with Crippen LogP contribution in [0.25, 0.3) is 0 Å². The maximum Gasteiger partial charge on any atom is 0.338 e. The molecule has 8 heteroatoms. The van der Waals surface area contributed by atoms with Crippen LogP contribution in [0, 0.1) is 5.82 Å². The van der Waals surface area contributed by atoms with Gasteiger partial charge >= 0.3 is 5.97 Å². The minimum absolute atomic E-state index is 0.0480. The second kappa shape index (κ2) is 8.29. The lowest BCUT2D eigenvalue weighted by Gasteiger charge is -2.17. The van der Waals surface area contributed by atoms with E-state index < -0.39 is 29.7 Å². The molecular formula is C23H21FN2O5. The first-order valence-corrected chi connectivity index (χ1v) is 10.1. The van der Waals surface area contributed by atoms with Crippen molar-refractivity contribution in [1.82, 2.24) is 5.32 Å². The summed E-state index contributed by atoms with van der Waals surface area (Å²) < 4.78 is 18.4. The van der Waals surface area contributed by atoms with E-state index in [0.717, 1.165) is 42.7 Å². The van der Waals surface area contributed by atoms with Crippen LogP contribution < -0.4 is 10.2 Å². The number of fused-ring (bicyclic) bond motifs is 1. The molecule has 1 heterocycles. The molecule has 0 spiro atoms. The number of anilines is 1. The number of halogens is 1. The van der Waals surface area contributed by atoms with Gasteiger partial charge in [0.25, 0.3) is 17.7 Å². The largest absolute Gasteiger partial charge is 0.449 e. The Morgan fingerprint density at radius 3 is 2.35 bits per heavy atom. The topological polar surface area (TPSA) is 92.8 Å². The minimum Gasteiger partial charge on any atom is -0.449 e. The molecule has 1 N–H and O–H groups in total. The molecule has 2 aromatic rings. The number of esters is 1. The smallest absolute Gasteiger partial charge is 0.338 e. The Morgan fingerprint density at radius 1 is 1.03 bits per heavy atom. The number of hydrogen-bond donors (Lipinski definition) is 1. The van der Waals surface area contributed by atoms with Crippen molar-refractivity contribution in [2.24, 2.45) is 0 Å². The maximum atomic E-state index is 13.2. The monoisotopic (exact) mass is 424 g/mol. The SMILES string of the molecule is CC(OC(=O)c1ccc2c(c1)C(=O)N(c1ccc(F)cc1)C2=O)C(=O)NC1CCCC1. The van der Waals surface area contributed by atoms with Crippen molar-refractivity contribution >= 4 is 29.4 Å². The van der Waals surface area contributed by atoms with Gasteiger partial charge in [-0.05, 0) is 62.2 Å². The lowest BCUT2D eigenvalue weighted by Crippen LogP contribution is -2.40. The number of benzene rings is 2. The van der Waals surface area contributed by atoms with Crippen molar-refractivity contribution in [3.05, 3.63) is 65.0 Å². The third-order valence-corrected chi connectivity index (χ3v) is 5.56. The van der Waals surface area contributed by atoms with Crippen molar-refractivity contribution in [2.75, 3.05) is 4.90 Å². The van der Waals surface area contributed by atoms with Crippen LogP contribution in [0.2, 0.25) is 0 Å². The molecule has 1 aliphatic heterocycles. The number of nitrogens with zero attached hydrogens (tertiary/aromatic N) is 1. The molecule has 2 aliphatic rings. The molecule has 0 bridgehead atoms. The van der Waals surface area contributed by atoms with Gasteiger partial charge in [-0.3, -0.25) is 14.4 Å². The fraction of sp³-hybridized carbons (Fsp3) is 0.304. The normalized spacial score (nSPS) is 16.9. The molecule has 160 valence electrons. The van der Waals surface area contributed by atoms with Crippen molar-refractivity contribution in [2.45, 2.75) is 44.8 Å². The lowest BCUT2D eigenvalue weighted by molar-refractivity contribution is -0.129. The number of rotatable bonds is 5. The van der Waals surface area contributed by atoms with E-state index in [-0.39, 0.29) is 34.3 Å². The van der Waals surface area contributed by atoms with E-state index in [1.165, 1.54) is 37.3 Å². The fourth-order valence-corrected chi connectivity index (χ4v) is 3.86. The highest BCUT2D eigenvalue weighted by Crippen LogP contribution is 2.29. The molecule has 1 aliphatic carbocycles. The number of carbonyl (C=O) groups is 4. The fourth-order valence-electron chi connectivity index (χ4n) is 3.86. The summed E-state index contributed by atoms with van der Waals surface area (Å²) >= 11 is 0. The van der Waals surface area contributed by atoms with Crippen LogP contribution in [0.3, 0.4) is 0 Å². The molecular weight excluding hydrogens is 403 g/mol. The van der Waals surface area contributed by atoms with Crippen molar-refractivity contribution < 1.29 is 28.3 Å². The van der Waals surface area contributed by atoms with Crippen LogP contribution >= 0.6 is 0 Å². The Bertz CT molecular complexity index is 1060. The van der Waals surface area contributed by atoms with Crippen LogP contribution in [0.15, 0.2) is 42.5 Å². The summed E-state index contributed by atoms with van der Waals surface area (Å²) in [6.45, 7) is 1.49. The highest BCUT2D eigenvalue weighted by atomic mass is 19.1. The van der Waals surface area contributed by atoms with Gasteiger partial charge < -0.3 is 10.1 Å². The summed E-state index contributed by atoms with van der Waals surface area (Å²) in [5.74, 6) is -2.80. The van der Waals surface area contributed by atoms with Gasteiger partial charge in [0.1, 0.15) is 5.82 Å². The molecule has 0 radical (unpaired) electrons. The Hall–Kier alpha value is -3.55. The quantitative estimate of drug-likeness (QED) is 0.588. The van der Waals surface area contributed by atoms with Crippen molar-refractivity contribution in [3.63, 3.8) is 0 Å². The zero-order valence-corrected chi connectivity index (χ0v) is 16.9. The number of ether oxygens (including phenoxy) is 1. The standard InChI is InChI=1S/C23H21FN2O5/c1-13(20(27)25-16-4-2-3-5-16)31-23(30)14-6-11-18-19(12-14)22(29)26(21(18)28)17-9-7-15(24)8-10-17/h6-13,16H,2-5H2,1H3,(H,25,27). The van der Waals surface area contributed by atoms with Crippen molar-refractivity contribution in [1.29, 1.82) is 0 Å². The molecule has 0 saturated heterocycles. The predicted octanol–water partition coefficient (Wildman–Crippen LogP) is 3.23. The number of nitrogens with one attached hydrogen (secondary N) is 1. The van der Waals surface area contributed by atoms with Crippen molar-refractivity contribution in [3.8, 4) is 0 Å². The molecule has 1 fully saturated rings. The average molecular weight is 424 g/mol. The average Bonchev–Trinajstić information content (AvgIpc) is 3.35. The first-order valence-electron chi connectivity index (χ1n) is 10.1. The van der Waals surface area contributed by atoms with Crippen LogP contribution in [-0.4, -0.2) is 35.8 Å². The van der Waals surface area contributed by atoms with Gasteiger partial charge in [0.2, 0.25) is 0 Å². The first-order chi connectivity index (χ1) is 14.8. The van der Waals surface area contributed by atoms with Gasteiger partial charge in [-0.25, -0.2) is 14.1 Å². The van der Waals surface area contributed by atoms with Crippen LogP contribution in [-0.2, 0) is 9.53 Å². The van der Waals surface area contributed by atoms with Gasteiger partial charge in [-0.1, -0.05) is 12.8 Å². The van der Waals surface area contributed by atoms with Gasteiger partial charge in [-0.2, -0.15) is 0 Å². The summed E-state index contributed by atoms with van der Waals surface area (Å²) in [7, 11) is 0. The Kier molecular flexibility index (Phi) is 5.54. The zero-order chi connectivity index (χ0) is 22.1. The van der Waals surface area contributed by atoms with E-state index in [4.69, 9.17) is 4.74 Å². The predicted molar refractivity (Wildman–Crippen MR) is 109 cm³/mol. The van der Waals surface area contributed by atoms with E-state index in [0.29, 0.717) is 0 Å². The van der Waals surface area contributed by atoms with Gasteiger partial charge in [-0.15, -0.1) is 0 Å². The molecule has 7 nitrogen and oxygen atoms in total. The number of hydrogen-bond acceptors (Lipinski definition) is 5. The van der Waals surface area contributed by atoms with E-state index in [1.807, 2.05) is 0 Å². The first kappa shape index (κ1) is 20.7. The van der Waals surface area contributed by atoms with E-state index in [2.05, 4.69) is 5.32 Å². The highest BCUT2D eigenvalue weighted by Gasteiger charge is 2.37. The highest BCUT2D eigenvalue weighted by molar-refractivity contribution is 6.34. The molecule has 0 aromatic heterocycles. The van der Waals surface area contributed by atoms with E-state index >= 15 is 0 Å². The summed E-state index contributed by atoms with van der Waals surface area (Å²) in [5.41, 5.74) is 0.472. The van der Waals surface area contributed by atoms with Gasteiger partial charge in [0.05, 0.1) is 22.4 Å². The van der Waals surface area contributed by atoms with Crippen LogP contribution in [0.1, 0.15) is 63.7 Å². The van der Waals surface area contributed by atoms with Crippen LogP contribution in [0.4, 0.5) is 10.1 Å². The number of carbonyl (C=O) groups excluding carboxylic acids is 4. The zero-order valence-electron chi connectivity index (χ0n) is 16.9. The molecule has 1 atom stereocenters.